The standard InChI is InChI=1S/3C45H31BrO/c46-36-22-14-21-35(30-36)45(47,42-28-12-11-23-37(42)31-15-3-1-4-16-31)34-20-13-19-33(29-34)44-40-26-9-7-24-38(40)43(32-17-5-2-6-18-32)39-25-8-10-27-41(39)44;46-36-19-13-18-35(30-36)45(47,42-25-12-11-20-37(42)31-14-3-1-4-15-31)34-28-26-33(27-29-34)44-40-23-9-7-21-38(40)43(32-16-5-2-6-17-32)39-22-8-10-24-41(39)44;46-36-29-27-35(28-30-36)45(47,42-22-12-11-17-37(42)31-13-3-1-4-14-31)34-25-23-33(24-26-34)44-40-20-9-7-18-38(40)43(32-15-5-2-6-16-32)39-19-8-10-21-41(39)44/h3*1-30,47H. The van der Waals surface area contributed by atoms with Gasteiger partial charge in [0.05, 0.1) is 0 Å². The van der Waals surface area contributed by atoms with Crippen molar-refractivity contribution in [1.29, 1.82) is 0 Å². The maximum absolute atomic E-state index is 13.3. The van der Waals surface area contributed by atoms with E-state index in [1.807, 2.05) is 176 Å². The normalized spacial score (nSPS) is 12.6. The van der Waals surface area contributed by atoms with Gasteiger partial charge in [-0.2, -0.15) is 0 Å². The topological polar surface area (TPSA) is 60.7 Å². The van der Waals surface area contributed by atoms with E-state index >= 15 is 0 Å². The zero-order valence-electron chi connectivity index (χ0n) is 76.9. The molecule has 0 radical (unpaired) electrons. The van der Waals surface area contributed by atoms with Crippen molar-refractivity contribution in [3.8, 4) is 100 Å². The molecule has 3 atom stereocenters. The molecule has 3 nitrogen and oxygen atoms in total. The highest BCUT2D eigenvalue weighted by atomic mass is 79.9. The lowest BCUT2D eigenvalue weighted by atomic mass is 9.76. The Morgan fingerprint density at radius 3 is 0.574 bits per heavy atom. The second-order valence-electron chi connectivity index (χ2n) is 35.8. The Morgan fingerprint density at radius 2 is 0.312 bits per heavy atom. The summed E-state index contributed by atoms with van der Waals surface area (Å²) in [7, 11) is 0. The van der Waals surface area contributed by atoms with E-state index in [9.17, 15) is 15.3 Å². The lowest BCUT2D eigenvalue weighted by molar-refractivity contribution is 0.126. The largest absolute Gasteiger partial charge is 0.376 e. The Bertz CT molecular complexity index is 8520. The zero-order chi connectivity index (χ0) is 95.4. The molecule has 0 aromatic heterocycles. The maximum Gasteiger partial charge on any atom is 0.141 e. The van der Waals surface area contributed by atoms with Crippen molar-refractivity contribution in [2.45, 2.75) is 16.8 Å². The van der Waals surface area contributed by atoms with Gasteiger partial charge in [0.1, 0.15) is 16.8 Å². The van der Waals surface area contributed by atoms with Gasteiger partial charge in [-0.1, -0.05) is 551 Å². The van der Waals surface area contributed by atoms with E-state index in [4.69, 9.17) is 0 Å². The quantitative estimate of drug-likeness (QED) is 0.0593. The average Bonchev–Trinajstić information content (AvgIpc) is 0.737. The van der Waals surface area contributed by atoms with Crippen LogP contribution in [0.3, 0.4) is 0 Å². The fraction of sp³-hybridized carbons (Fsp3) is 0.0222. The van der Waals surface area contributed by atoms with Crippen molar-refractivity contribution >= 4 is 112 Å². The van der Waals surface area contributed by atoms with Gasteiger partial charge in [-0.3, -0.25) is 0 Å². The van der Waals surface area contributed by atoms with Crippen LogP contribution in [0.2, 0.25) is 0 Å². The predicted molar refractivity (Wildman–Crippen MR) is 601 cm³/mol. The van der Waals surface area contributed by atoms with Gasteiger partial charge in [0.25, 0.3) is 0 Å². The summed E-state index contributed by atoms with van der Waals surface area (Å²) in [5.74, 6) is 0. The summed E-state index contributed by atoms with van der Waals surface area (Å²) in [6.07, 6.45) is 0. The summed E-state index contributed by atoms with van der Waals surface area (Å²) in [5, 5.41) is 53.8. The molecular formula is C135H93Br3O3. The van der Waals surface area contributed by atoms with Crippen LogP contribution in [-0.4, -0.2) is 15.3 Å². The van der Waals surface area contributed by atoms with Crippen LogP contribution in [0.25, 0.3) is 165 Å². The van der Waals surface area contributed by atoms with E-state index in [1.54, 1.807) is 0 Å². The highest BCUT2D eigenvalue weighted by molar-refractivity contribution is 9.11. The summed E-state index contributed by atoms with van der Waals surface area (Å²) in [6.45, 7) is 0. The van der Waals surface area contributed by atoms with Crippen molar-refractivity contribution in [2.24, 2.45) is 0 Å². The van der Waals surface area contributed by atoms with Gasteiger partial charge in [-0.25, -0.2) is 0 Å². The van der Waals surface area contributed by atoms with Gasteiger partial charge in [-0.15, -0.1) is 0 Å². The zero-order valence-corrected chi connectivity index (χ0v) is 81.7. The van der Waals surface area contributed by atoms with Crippen LogP contribution in [0.1, 0.15) is 50.1 Å². The fourth-order valence-electron chi connectivity index (χ4n) is 21.3. The van der Waals surface area contributed by atoms with Crippen LogP contribution >= 0.6 is 47.8 Å². The predicted octanol–water partition coefficient (Wildman–Crippen LogP) is 36.1. The first-order valence-electron chi connectivity index (χ1n) is 47.6. The molecule has 6 heteroatoms. The molecule has 24 aromatic carbocycles. The van der Waals surface area contributed by atoms with Gasteiger partial charge in [0, 0.05) is 30.1 Å². The molecule has 0 amide bonds. The van der Waals surface area contributed by atoms with E-state index in [1.165, 1.54) is 109 Å². The van der Waals surface area contributed by atoms with E-state index in [0.717, 1.165) is 119 Å². The molecule has 0 aliphatic rings. The second-order valence-corrected chi connectivity index (χ2v) is 38.5. The van der Waals surface area contributed by atoms with Gasteiger partial charge < -0.3 is 15.3 Å². The number of rotatable bonds is 18. The molecule has 0 spiro atoms. The first-order valence-corrected chi connectivity index (χ1v) is 50.0. The minimum atomic E-state index is -1.44. The number of aliphatic hydroxyl groups is 3. The monoisotopic (exact) mass is 2000 g/mol. The van der Waals surface area contributed by atoms with Crippen LogP contribution in [-0.2, 0) is 16.8 Å². The second kappa shape index (κ2) is 39.6. The van der Waals surface area contributed by atoms with E-state index in [2.05, 4.69) is 418 Å². The molecule has 0 aliphatic heterocycles. The summed E-state index contributed by atoms with van der Waals surface area (Å²) >= 11 is 10.9. The molecule has 3 unspecified atom stereocenters. The molecule has 24 rings (SSSR count). The lowest BCUT2D eigenvalue weighted by Gasteiger charge is -2.33. The lowest BCUT2D eigenvalue weighted by Crippen LogP contribution is -2.29. The van der Waals surface area contributed by atoms with Crippen LogP contribution in [0.15, 0.2) is 559 Å². The molecule has 0 bridgehead atoms. The Morgan fingerprint density at radius 1 is 0.128 bits per heavy atom. The molecule has 24 aromatic rings. The summed E-state index contributed by atoms with van der Waals surface area (Å²) < 4.78 is 2.79. The molecule has 0 heterocycles. The fourth-order valence-corrected chi connectivity index (χ4v) is 22.3. The molecule has 141 heavy (non-hydrogen) atoms. The van der Waals surface area contributed by atoms with Crippen molar-refractivity contribution in [3.05, 3.63) is 609 Å². The third kappa shape index (κ3) is 17.1. The minimum Gasteiger partial charge on any atom is -0.376 e. The molecule has 0 saturated carbocycles. The Balaban J connectivity index is 0.000000121. The van der Waals surface area contributed by atoms with Gasteiger partial charge in [0.15, 0.2) is 0 Å². The first-order chi connectivity index (χ1) is 69.4. The van der Waals surface area contributed by atoms with Crippen molar-refractivity contribution in [2.75, 3.05) is 0 Å². The van der Waals surface area contributed by atoms with Crippen LogP contribution < -0.4 is 0 Å². The van der Waals surface area contributed by atoms with Crippen molar-refractivity contribution in [1.82, 2.24) is 0 Å². The SMILES string of the molecule is OC(c1ccc(-c2c3ccccc3c(-c3ccccc3)c3ccccc23)cc1)(c1cccc(Br)c1)c1ccccc1-c1ccccc1.OC(c1ccc(Br)cc1)(c1ccc(-c2c3ccccc3c(-c3ccccc3)c3ccccc23)cc1)c1ccccc1-c1ccccc1.OC(c1cccc(Br)c1)(c1cccc(-c2c3ccccc3c(-c3ccccc3)c3ccccc23)c1)c1ccccc1-c1ccccc1. The van der Waals surface area contributed by atoms with Crippen molar-refractivity contribution in [3.63, 3.8) is 0 Å². The molecule has 3 N–H and O–H groups in total. The van der Waals surface area contributed by atoms with Crippen LogP contribution in [0, 0.1) is 0 Å². The van der Waals surface area contributed by atoms with E-state index < -0.39 is 16.8 Å². The summed E-state index contributed by atoms with van der Waals surface area (Å²) in [5.41, 5.74) is 23.4. The Hall–Kier alpha value is -15.8. The van der Waals surface area contributed by atoms with Crippen molar-refractivity contribution < 1.29 is 15.3 Å². The van der Waals surface area contributed by atoms with E-state index in [-0.39, 0.29) is 0 Å². The molecular weight excluding hydrogens is 1910 g/mol. The molecule has 0 fully saturated rings. The molecule has 0 saturated heterocycles. The van der Waals surface area contributed by atoms with E-state index in [0.29, 0.717) is 0 Å². The number of halogens is 3. The number of benzene rings is 24. The minimum absolute atomic E-state index is 0.793. The number of hydrogen-bond acceptors (Lipinski definition) is 3. The van der Waals surface area contributed by atoms with Crippen LogP contribution in [0.4, 0.5) is 0 Å². The maximum atomic E-state index is 13.3. The Labute approximate surface area is 847 Å². The third-order valence-corrected chi connectivity index (χ3v) is 29.2. The van der Waals surface area contributed by atoms with Crippen LogP contribution in [0.5, 0.6) is 0 Å². The Kier molecular flexibility index (Phi) is 25.3. The number of hydrogen-bond donors (Lipinski definition) is 3. The highest BCUT2D eigenvalue weighted by Gasteiger charge is 2.40. The van der Waals surface area contributed by atoms with Gasteiger partial charge in [0.2, 0.25) is 0 Å². The summed E-state index contributed by atoms with van der Waals surface area (Å²) in [4.78, 5) is 0. The highest BCUT2D eigenvalue weighted by Crippen LogP contribution is 2.53. The summed E-state index contributed by atoms with van der Waals surface area (Å²) in [6, 6.07) is 189. The van der Waals surface area contributed by atoms with Gasteiger partial charge >= 0.3 is 0 Å². The third-order valence-electron chi connectivity index (χ3n) is 27.7. The number of fused-ring (bicyclic) bond motifs is 6. The average molecular weight is 2000 g/mol. The molecule has 672 valence electrons. The molecule has 0 aliphatic carbocycles. The van der Waals surface area contributed by atoms with Gasteiger partial charge in [-0.05, 0) is 241 Å². The first kappa shape index (κ1) is 90.3. The smallest absolute Gasteiger partial charge is 0.141 e.